The predicted octanol–water partition coefficient (Wildman–Crippen LogP) is 1.03. The van der Waals surface area contributed by atoms with Crippen LogP contribution < -0.4 is 15.4 Å². The van der Waals surface area contributed by atoms with Crippen molar-refractivity contribution in [2.75, 3.05) is 39.0 Å². The van der Waals surface area contributed by atoms with Gasteiger partial charge in [-0.05, 0) is 37.5 Å². The van der Waals surface area contributed by atoms with Gasteiger partial charge < -0.3 is 10.6 Å². The minimum absolute atomic E-state index is 0.252. The first kappa shape index (κ1) is 22.5. The fourth-order valence-electron chi connectivity index (χ4n) is 3.04. The Morgan fingerprint density at radius 2 is 1.96 bits per heavy atom. The van der Waals surface area contributed by atoms with E-state index in [1.807, 2.05) is 6.92 Å². The Labute approximate surface area is 165 Å². The average molecular weight is 418 g/mol. The van der Waals surface area contributed by atoms with E-state index < -0.39 is 21.7 Å². The van der Waals surface area contributed by atoms with Gasteiger partial charge >= 0.3 is 0 Å². The lowest BCUT2D eigenvalue weighted by Crippen LogP contribution is -2.48. The van der Waals surface area contributed by atoms with Gasteiger partial charge in [-0.1, -0.05) is 6.07 Å². The first-order valence-electron chi connectivity index (χ1n) is 9.42. The zero-order valence-corrected chi connectivity index (χ0v) is 17.2. The molecule has 0 spiro atoms. The third-order valence-corrected chi connectivity index (χ3v) is 5.14. The van der Waals surface area contributed by atoms with Gasteiger partial charge in [-0.15, -0.1) is 0 Å². The van der Waals surface area contributed by atoms with Crippen LogP contribution in [0, 0.1) is 11.6 Å². The summed E-state index contributed by atoms with van der Waals surface area (Å²) in [4.78, 5) is 6.61. The molecule has 1 aliphatic heterocycles. The molecule has 1 heterocycles. The first-order valence-corrected chi connectivity index (χ1v) is 11.3. The number of rotatable bonds is 8. The van der Waals surface area contributed by atoms with Crippen molar-refractivity contribution in [3.63, 3.8) is 0 Å². The minimum Gasteiger partial charge on any atom is -0.357 e. The Hall–Kier alpha value is -1.78. The summed E-state index contributed by atoms with van der Waals surface area (Å²) in [5.41, 5.74) is 0.763. The van der Waals surface area contributed by atoms with E-state index in [0.29, 0.717) is 25.6 Å². The lowest BCUT2D eigenvalue weighted by Gasteiger charge is -2.33. The van der Waals surface area contributed by atoms with Crippen LogP contribution in [0.3, 0.4) is 0 Å². The molecule has 0 aliphatic carbocycles. The molecule has 0 saturated carbocycles. The van der Waals surface area contributed by atoms with Crippen molar-refractivity contribution < 1.29 is 17.2 Å². The molecule has 1 aromatic rings. The highest BCUT2D eigenvalue weighted by atomic mass is 32.2. The summed E-state index contributed by atoms with van der Waals surface area (Å²) >= 11 is 0. The maximum atomic E-state index is 13.3. The molecule has 0 amide bonds. The number of guanidine groups is 1. The number of nitrogens with one attached hydrogen (secondary N) is 3. The lowest BCUT2D eigenvalue weighted by atomic mass is 10.0. The number of sulfonamides is 1. The van der Waals surface area contributed by atoms with Crippen LogP contribution in [-0.2, 0) is 16.6 Å². The molecule has 28 heavy (non-hydrogen) atoms. The smallest absolute Gasteiger partial charge is 0.208 e. The molecular formula is C18H29F2N5O2S. The quantitative estimate of drug-likeness (QED) is 0.334. The number of aliphatic imine (C=N–C) groups is 1. The molecule has 2 rings (SSSR count). The Morgan fingerprint density at radius 1 is 1.25 bits per heavy atom. The van der Waals surface area contributed by atoms with Crippen molar-refractivity contribution in [1.29, 1.82) is 0 Å². The second-order valence-corrected chi connectivity index (χ2v) is 8.70. The highest BCUT2D eigenvalue weighted by molar-refractivity contribution is 7.88. The zero-order valence-electron chi connectivity index (χ0n) is 16.3. The van der Waals surface area contributed by atoms with Crippen LogP contribution in [0.1, 0.15) is 25.3 Å². The number of hydrogen-bond donors (Lipinski definition) is 3. The molecule has 1 aliphatic rings. The van der Waals surface area contributed by atoms with E-state index in [4.69, 9.17) is 0 Å². The van der Waals surface area contributed by atoms with Gasteiger partial charge in [0.1, 0.15) is 0 Å². The number of piperidine rings is 1. The molecule has 0 radical (unpaired) electrons. The molecule has 0 atom stereocenters. The number of likely N-dealkylation sites (tertiary alicyclic amines) is 1. The summed E-state index contributed by atoms with van der Waals surface area (Å²) in [5.74, 6) is -0.976. The summed E-state index contributed by atoms with van der Waals surface area (Å²) in [5, 5.41) is 6.54. The topological polar surface area (TPSA) is 85.8 Å². The van der Waals surface area contributed by atoms with E-state index in [1.165, 1.54) is 6.07 Å². The van der Waals surface area contributed by atoms with Crippen molar-refractivity contribution in [1.82, 2.24) is 20.3 Å². The van der Waals surface area contributed by atoms with Crippen molar-refractivity contribution in [3.05, 3.63) is 35.4 Å². The molecule has 0 aromatic heterocycles. The molecule has 7 nitrogen and oxygen atoms in total. The van der Waals surface area contributed by atoms with Gasteiger partial charge in [0.25, 0.3) is 0 Å². The largest absolute Gasteiger partial charge is 0.357 e. The molecule has 3 N–H and O–H groups in total. The van der Waals surface area contributed by atoms with Crippen LogP contribution in [0.2, 0.25) is 0 Å². The van der Waals surface area contributed by atoms with E-state index in [-0.39, 0.29) is 12.6 Å². The Balaban J connectivity index is 1.79. The van der Waals surface area contributed by atoms with E-state index in [2.05, 4.69) is 25.2 Å². The number of hydrogen-bond acceptors (Lipinski definition) is 4. The van der Waals surface area contributed by atoms with Gasteiger partial charge in [0.05, 0.1) is 12.8 Å². The van der Waals surface area contributed by atoms with Gasteiger partial charge in [-0.2, -0.15) is 0 Å². The normalized spacial score (nSPS) is 16.9. The Morgan fingerprint density at radius 3 is 2.57 bits per heavy atom. The molecule has 10 heteroatoms. The maximum absolute atomic E-state index is 13.3. The molecule has 158 valence electrons. The van der Waals surface area contributed by atoms with E-state index in [1.54, 1.807) is 6.07 Å². The molecular weight excluding hydrogens is 388 g/mol. The zero-order chi connectivity index (χ0) is 20.6. The maximum Gasteiger partial charge on any atom is 0.208 e. The van der Waals surface area contributed by atoms with Crippen LogP contribution in [0.4, 0.5) is 8.78 Å². The van der Waals surface area contributed by atoms with E-state index >= 15 is 0 Å². The standard InChI is InChI=1S/C18H29F2N5O2S/c1-3-21-18(22-8-9-23-28(2,26)27)24-15-6-10-25(11-7-15)13-14-4-5-16(19)17(20)12-14/h4-5,12,15,23H,3,6-11,13H2,1-2H3,(H2,21,22,24). The summed E-state index contributed by atoms with van der Waals surface area (Å²) < 4.78 is 51.0. The third-order valence-electron chi connectivity index (χ3n) is 4.41. The monoisotopic (exact) mass is 417 g/mol. The van der Waals surface area contributed by atoms with Crippen LogP contribution in [0.25, 0.3) is 0 Å². The van der Waals surface area contributed by atoms with Crippen molar-refractivity contribution in [3.8, 4) is 0 Å². The minimum atomic E-state index is -3.21. The molecule has 1 aromatic carbocycles. The van der Waals surface area contributed by atoms with Gasteiger partial charge in [0.2, 0.25) is 10.0 Å². The molecule has 0 bridgehead atoms. The van der Waals surface area contributed by atoms with Crippen molar-refractivity contribution >= 4 is 16.0 Å². The molecule has 0 unspecified atom stereocenters. The fraction of sp³-hybridized carbons (Fsp3) is 0.611. The van der Waals surface area contributed by atoms with E-state index in [9.17, 15) is 17.2 Å². The Bertz CT molecular complexity index is 765. The fourth-order valence-corrected chi connectivity index (χ4v) is 3.51. The van der Waals surface area contributed by atoms with E-state index in [0.717, 1.165) is 43.8 Å². The second-order valence-electron chi connectivity index (χ2n) is 6.87. The third kappa shape index (κ3) is 8.07. The van der Waals surface area contributed by atoms with Gasteiger partial charge in [-0.3, -0.25) is 9.89 Å². The second kappa shape index (κ2) is 10.7. The van der Waals surface area contributed by atoms with Crippen LogP contribution in [0.5, 0.6) is 0 Å². The molecule has 1 saturated heterocycles. The lowest BCUT2D eigenvalue weighted by molar-refractivity contribution is 0.198. The van der Waals surface area contributed by atoms with Crippen molar-refractivity contribution in [2.24, 2.45) is 4.99 Å². The van der Waals surface area contributed by atoms with Crippen LogP contribution in [-0.4, -0.2) is 64.3 Å². The number of halogens is 2. The SMILES string of the molecule is CCNC(=NCCNS(C)(=O)=O)NC1CCN(Cc2ccc(F)c(F)c2)CC1. The summed E-state index contributed by atoms with van der Waals surface area (Å²) in [7, 11) is -3.21. The summed E-state index contributed by atoms with van der Waals surface area (Å²) in [6, 6.07) is 4.28. The highest BCUT2D eigenvalue weighted by Gasteiger charge is 2.20. The predicted molar refractivity (Wildman–Crippen MR) is 107 cm³/mol. The molecule has 1 fully saturated rings. The average Bonchev–Trinajstić information content (AvgIpc) is 2.63. The first-order chi connectivity index (χ1) is 13.3. The van der Waals surface area contributed by atoms with Gasteiger partial charge in [0.15, 0.2) is 17.6 Å². The van der Waals surface area contributed by atoms with Crippen LogP contribution >= 0.6 is 0 Å². The number of nitrogens with zero attached hydrogens (tertiary/aromatic N) is 2. The van der Waals surface area contributed by atoms with Gasteiger partial charge in [-0.25, -0.2) is 21.9 Å². The van der Waals surface area contributed by atoms with Crippen molar-refractivity contribution in [2.45, 2.75) is 32.4 Å². The Kier molecular flexibility index (Phi) is 8.58. The number of benzene rings is 1. The van der Waals surface area contributed by atoms with Gasteiger partial charge in [0, 0.05) is 38.8 Å². The van der Waals surface area contributed by atoms with Crippen LogP contribution in [0.15, 0.2) is 23.2 Å². The summed E-state index contributed by atoms with van der Waals surface area (Å²) in [6.07, 6.45) is 2.92. The highest BCUT2D eigenvalue weighted by Crippen LogP contribution is 2.15. The summed E-state index contributed by atoms with van der Waals surface area (Å²) in [6.45, 7) is 5.54.